The Labute approximate surface area is 82.9 Å². The van der Waals surface area contributed by atoms with E-state index in [0.29, 0.717) is 11.8 Å². The molecule has 0 spiro atoms. The molecule has 0 aliphatic heterocycles. The molecular formula is C9H15N3O2. The lowest BCUT2D eigenvalue weighted by molar-refractivity contribution is -0.124. The molecule has 0 saturated carbocycles. The number of carbonyl (C=O) groups excluding carboxylic acids is 1. The van der Waals surface area contributed by atoms with Crippen LogP contribution < -0.4 is 5.32 Å². The zero-order chi connectivity index (χ0) is 10.8. The van der Waals surface area contributed by atoms with Crippen LogP contribution in [0.4, 0.5) is 5.95 Å². The second kappa shape index (κ2) is 3.77. The Bertz CT molecular complexity index is 325. The zero-order valence-corrected chi connectivity index (χ0v) is 8.92. The molecule has 1 aromatic heterocycles. The summed E-state index contributed by atoms with van der Waals surface area (Å²) < 4.78 is 4.75. The number of ketones is 1. The van der Waals surface area contributed by atoms with Gasteiger partial charge in [0.2, 0.25) is 5.89 Å². The first-order chi connectivity index (χ1) is 6.39. The summed E-state index contributed by atoms with van der Waals surface area (Å²) in [6.07, 6.45) is 0. The third-order valence-corrected chi connectivity index (χ3v) is 1.77. The smallest absolute Gasteiger partial charge is 0.263 e. The molecule has 1 heterocycles. The van der Waals surface area contributed by atoms with Crippen molar-refractivity contribution in [3.8, 4) is 0 Å². The van der Waals surface area contributed by atoms with E-state index < -0.39 is 0 Å². The normalized spacial score (nSPS) is 11.4. The molecule has 0 aliphatic rings. The average Bonchev–Trinajstić information content (AvgIpc) is 2.45. The van der Waals surface area contributed by atoms with Crippen molar-refractivity contribution in [2.45, 2.75) is 27.7 Å². The molecule has 5 heteroatoms. The Morgan fingerprint density at radius 3 is 2.57 bits per heavy atom. The third kappa shape index (κ3) is 2.83. The summed E-state index contributed by atoms with van der Waals surface area (Å²) in [7, 11) is 0. The molecule has 0 saturated heterocycles. The summed E-state index contributed by atoms with van der Waals surface area (Å²) in [5.41, 5.74) is -0.341. The minimum absolute atomic E-state index is 0.111. The second-order valence-electron chi connectivity index (χ2n) is 4.16. The van der Waals surface area contributed by atoms with Gasteiger partial charge in [-0.2, -0.15) is 4.98 Å². The van der Waals surface area contributed by atoms with Gasteiger partial charge in [-0.25, -0.2) is 0 Å². The van der Waals surface area contributed by atoms with Crippen molar-refractivity contribution in [1.82, 2.24) is 10.1 Å². The summed E-state index contributed by atoms with van der Waals surface area (Å²) in [4.78, 5) is 15.4. The van der Waals surface area contributed by atoms with Gasteiger partial charge >= 0.3 is 0 Å². The number of anilines is 1. The van der Waals surface area contributed by atoms with Gasteiger partial charge in [0.1, 0.15) is 0 Å². The van der Waals surface area contributed by atoms with Crippen LogP contribution in [-0.2, 0) is 4.79 Å². The van der Waals surface area contributed by atoms with E-state index in [-0.39, 0.29) is 17.7 Å². The highest BCUT2D eigenvalue weighted by Gasteiger charge is 2.20. The quantitative estimate of drug-likeness (QED) is 0.793. The fraction of sp³-hybridized carbons (Fsp3) is 0.667. The van der Waals surface area contributed by atoms with E-state index in [0.717, 1.165) is 0 Å². The van der Waals surface area contributed by atoms with Crippen LogP contribution in [0.3, 0.4) is 0 Å². The molecule has 1 N–H and O–H groups in total. The van der Waals surface area contributed by atoms with Crippen molar-refractivity contribution in [3.05, 3.63) is 5.89 Å². The van der Waals surface area contributed by atoms with Gasteiger partial charge in [0.25, 0.3) is 5.95 Å². The van der Waals surface area contributed by atoms with E-state index in [4.69, 9.17) is 4.52 Å². The van der Waals surface area contributed by atoms with Crippen LogP contribution in [0, 0.1) is 12.3 Å². The number of nitrogens with zero attached hydrogens (tertiary/aromatic N) is 2. The lowest BCUT2D eigenvalue weighted by Crippen LogP contribution is -2.27. The van der Waals surface area contributed by atoms with Gasteiger partial charge in [0, 0.05) is 12.3 Å². The number of aryl methyl sites for hydroxylation is 1. The summed E-state index contributed by atoms with van der Waals surface area (Å²) in [6, 6.07) is 0. The van der Waals surface area contributed by atoms with Crippen molar-refractivity contribution < 1.29 is 9.32 Å². The van der Waals surface area contributed by atoms with E-state index in [9.17, 15) is 4.79 Å². The van der Waals surface area contributed by atoms with Crippen LogP contribution in [0.15, 0.2) is 4.52 Å². The molecule has 0 radical (unpaired) electrons. The second-order valence-corrected chi connectivity index (χ2v) is 4.16. The Kier molecular flexibility index (Phi) is 2.88. The third-order valence-electron chi connectivity index (χ3n) is 1.77. The predicted octanol–water partition coefficient (Wildman–Crippen LogP) is 1.41. The van der Waals surface area contributed by atoms with E-state index in [1.165, 1.54) is 0 Å². The Morgan fingerprint density at radius 1 is 1.50 bits per heavy atom. The number of Topliss-reactive ketones (excluding diaryl/α,β-unsaturated/α-hetero) is 1. The van der Waals surface area contributed by atoms with E-state index in [2.05, 4.69) is 15.5 Å². The molecule has 1 aromatic rings. The van der Waals surface area contributed by atoms with Gasteiger partial charge in [-0.15, -0.1) is 0 Å². The van der Waals surface area contributed by atoms with Gasteiger partial charge in [-0.1, -0.05) is 20.8 Å². The fourth-order valence-electron chi connectivity index (χ4n) is 0.796. The van der Waals surface area contributed by atoms with Crippen molar-refractivity contribution in [2.75, 3.05) is 11.9 Å². The van der Waals surface area contributed by atoms with Crippen LogP contribution in [-0.4, -0.2) is 22.5 Å². The maximum atomic E-state index is 11.5. The van der Waals surface area contributed by atoms with Crippen molar-refractivity contribution in [1.29, 1.82) is 0 Å². The zero-order valence-electron chi connectivity index (χ0n) is 8.92. The van der Waals surface area contributed by atoms with Gasteiger partial charge in [0.05, 0.1) is 6.54 Å². The van der Waals surface area contributed by atoms with E-state index in [1.54, 1.807) is 6.92 Å². The van der Waals surface area contributed by atoms with Crippen molar-refractivity contribution in [3.63, 3.8) is 0 Å². The number of aromatic nitrogens is 2. The average molecular weight is 197 g/mol. The molecule has 0 aromatic carbocycles. The molecule has 0 fully saturated rings. The van der Waals surface area contributed by atoms with Crippen molar-refractivity contribution >= 4 is 11.7 Å². The topological polar surface area (TPSA) is 68.0 Å². The highest BCUT2D eigenvalue weighted by molar-refractivity contribution is 5.87. The fourth-order valence-corrected chi connectivity index (χ4v) is 0.796. The SMILES string of the molecule is Cc1nc(NCC(=O)C(C)(C)C)no1. The Balaban J connectivity index is 2.46. The van der Waals surface area contributed by atoms with Gasteiger partial charge < -0.3 is 9.84 Å². The number of hydrogen-bond donors (Lipinski definition) is 1. The predicted molar refractivity (Wildman–Crippen MR) is 52.0 cm³/mol. The summed E-state index contributed by atoms with van der Waals surface area (Å²) >= 11 is 0. The van der Waals surface area contributed by atoms with Crippen LogP contribution in [0.1, 0.15) is 26.7 Å². The maximum Gasteiger partial charge on any atom is 0.263 e. The molecule has 0 amide bonds. The van der Waals surface area contributed by atoms with Gasteiger partial charge in [-0.3, -0.25) is 4.79 Å². The van der Waals surface area contributed by atoms with Crippen LogP contribution in [0.2, 0.25) is 0 Å². The molecule has 78 valence electrons. The highest BCUT2D eigenvalue weighted by Crippen LogP contribution is 2.14. The van der Waals surface area contributed by atoms with E-state index >= 15 is 0 Å². The van der Waals surface area contributed by atoms with Crippen molar-refractivity contribution in [2.24, 2.45) is 5.41 Å². The first-order valence-electron chi connectivity index (χ1n) is 4.47. The van der Waals surface area contributed by atoms with E-state index in [1.807, 2.05) is 20.8 Å². The summed E-state index contributed by atoms with van der Waals surface area (Å²) in [5, 5.41) is 6.43. The van der Waals surface area contributed by atoms with Crippen LogP contribution >= 0.6 is 0 Å². The Morgan fingerprint density at radius 2 is 2.14 bits per heavy atom. The molecular weight excluding hydrogens is 182 g/mol. The molecule has 1 rings (SSSR count). The number of carbonyl (C=O) groups is 1. The number of rotatable bonds is 3. The first-order valence-corrected chi connectivity index (χ1v) is 4.47. The molecule has 0 aliphatic carbocycles. The molecule has 0 bridgehead atoms. The number of nitrogens with one attached hydrogen (secondary N) is 1. The van der Waals surface area contributed by atoms with Crippen LogP contribution in [0.5, 0.6) is 0 Å². The first kappa shape index (κ1) is 10.7. The minimum Gasteiger partial charge on any atom is -0.344 e. The van der Waals surface area contributed by atoms with Gasteiger partial charge in [0.15, 0.2) is 5.78 Å². The van der Waals surface area contributed by atoms with Crippen LogP contribution in [0.25, 0.3) is 0 Å². The molecule has 14 heavy (non-hydrogen) atoms. The lowest BCUT2D eigenvalue weighted by atomic mass is 9.91. The standard InChI is InChI=1S/C9H15N3O2/c1-6-11-8(12-14-6)10-5-7(13)9(2,3)4/h5H2,1-4H3,(H,10,12). The summed E-state index contributed by atoms with van der Waals surface area (Å²) in [6.45, 7) is 7.54. The lowest BCUT2D eigenvalue weighted by Gasteiger charge is -2.15. The molecule has 5 nitrogen and oxygen atoms in total. The molecule has 0 atom stereocenters. The summed E-state index contributed by atoms with van der Waals surface area (Å²) in [5.74, 6) is 0.954. The number of hydrogen-bond acceptors (Lipinski definition) is 5. The monoisotopic (exact) mass is 197 g/mol. The Hall–Kier alpha value is -1.39. The largest absolute Gasteiger partial charge is 0.344 e. The minimum atomic E-state index is -0.341. The maximum absolute atomic E-state index is 11.5. The highest BCUT2D eigenvalue weighted by atomic mass is 16.5. The molecule has 0 unspecified atom stereocenters. The van der Waals surface area contributed by atoms with Gasteiger partial charge in [-0.05, 0) is 5.16 Å².